The van der Waals surface area contributed by atoms with Gasteiger partial charge in [0.25, 0.3) is 5.91 Å². The number of benzene rings is 1. The zero-order chi connectivity index (χ0) is 15.4. The number of phenols is 1. The third-order valence-corrected chi connectivity index (χ3v) is 3.70. The van der Waals surface area contributed by atoms with Crippen LogP contribution in [0.1, 0.15) is 16.8 Å². The van der Waals surface area contributed by atoms with E-state index in [2.05, 4.69) is 5.32 Å². The summed E-state index contributed by atoms with van der Waals surface area (Å²) in [5.41, 5.74) is -0.0991. The molecule has 1 aromatic carbocycles. The first-order valence-corrected chi connectivity index (χ1v) is 7.31. The maximum Gasteiger partial charge on any atom is 0.326 e. The van der Waals surface area contributed by atoms with E-state index in [0.29, 0.717) is 7.14 Å². The van der Waals surface area contributed by atoms with E-state index in [4.69, 9.17) is 10.2 Å². The van der Waals surface area contributed by atoms with E-state index in [9.17, 15) is 19.5 Å². The van der Waals surface area contributed by atoms with E-state index in [1.54, 1.807) is 6.07 Å². The summed E-state index contributed by atoms with van der Waals surface area (Å²) in [6.45, 7) is 0. The van der Waals surface area contributed by atoms with Gasteiger partial charge >= 0.3 is 11.9 Å². The molecule has 0 heterocycles. The van der Waals surface area contributed by atoms with Crippen molar-refractivity contribution >= 4 is 63.0 Å². The summed E-state index contributed by atoms with van der Waals surface area (Å²) in [6.07, 6.45) is -0.747. The number of rotatable bonds is 5. The average molecular weight is 505 g/mol. The SMILES string of the molecule is O=C(O)C[C@H](NC(=O)c1cc(I)cc(I)c1O)C(=O)O. The molecule has 20 heavy (non-hydrogen) atoms. The number of carboxylic acids is 2. The van der Waals surface area contributed by atoms with Crippen LogP contribution in [0.15, 0.2) is 12.1 Å². The van der Waals surface area contributed by atoms with Gasteiger partial charge in [-0.25, -0.2) is 4.79 Å². The molecule has 1 rings (SSSR count). The Morgan fingerprint density at radius 1 is 1.20 bits per heavy atom. The molecule has 1 aromatic rings. The highest BCUT2D eigenvalue weighted by Crippen LogP contribution is 2.27. The average Bonchev–Trinajstić information content (AvgIpc) is 2.32. The molecule has 0 aliphatic carbocycles. The van der Waals surface area contributed by atoms with Crippen molar-refractivity contribution in [2.45, 2.75) is 12.5 Å². The predicted octanol–water partition coefficient (Wildman–Crippen LogP) is 1.26. The van der Waals surface area contributed by atoms with E-state index in [0.717, 1.165) is 0 Å². The van der Waals surface area contributed by atoms with Gasteiger partial charge in [0, 0.05) is 3.57 Å². The highest BCUT2D eigenvalue weighted by atomic mass is 127. The molecule has 0 unspecified atom stereocenters. The normalized spacial score (nSPS) is 11.7. The minimum atomic E-state index is -1.56. The molecule has 0 aliphatic heterocycles. The Kier molecular flexibility index (Phi) is 5.98. The smallest absolute Gasteiger partial charge is 0.326 e. The number of hydrogen-bond acceptors (Lipinski definition) is 4. The summed E-state index contributed by atoms with van der Waals surface area (Å²) in [5, 5.41) is 29.3. The first kappa shape index (κ1) is 16.9. The molecule has 1 amide bonds. The van der Waals surface area contributed by atoms with E-state index < -0.39 is 30.3 Å². The van der Waals surface area contributed by atoms with Gasteiger partial charge in [0.1, 0.15) is 11.8 Å². The third kappa shape index (κ3) is 4.47. The Morgan fingerprint density at radius 3 is 2.30 bits per heavy atom. The number of aliphatic carboxylic acids is 2. The number of carboxylic acid groups (broad SMARTS) is 2. The fourth-order valence-electron chi connectivity index (χ4n) is 1.35. The quantitative estimate of drug-likeness (QED) is 0.448. The topological polar surface area (TPSA) is 124 Å². The minimum absolute atomic E-state index is 0.0991. The second-order valence-electron chi connectivity index (χ2n) is 3.75. The van der Waals surface area contributed by atoms with Gasteiger partial charge < -0.3 is 20.6 Å². The van der Waals surface area contributed by atoms with Crippen LogP contribution >= 0.6 is 45.2 Å². The van der Waals surface area contributed by atoms with Gasteiger partial charge in [-0.1, -0.05) is 0 Å². The van der Waals surface area contributed by atoms with E-state index in [-0.39, 0.29) is 11.3 Å². The Morgan fingerprint density at radius 2 is 1.80 bits per heavy atom. The number of amides is 1. The van der Waals surface area contributed by atoms with Gasteiger partial charge in [0.05, 0.1) is 15.6 Å². The van der Waals surface area contributed by atoms with Crippen LogP contribution in [0, 0.1) is 7.14 Å². The highest BCUT2D eigenvalue weighted by Gasteiger charge is 2.25. The summed E-state index contributed by atoms with van der Waals surface area (Å²) >= 11 is 3.77. The second kappa shape index (κ2) is 7.06. The molecule has 0 spiro atoms. The maximum atomic E-state index is 11.9. The lowest BCUT2D eigenvalue weighted by molar-refractivity contribution is -0.145. The molecule has 7 nitrogen and oxygen atoms in total. The lowest BCUT2D eigenvalue weighted by Gasteiger charge is -2.13. The number of hydrogen-bond donors (Lipinski definition) is 4. The minimum Gasteiger partial charge on any atom is -0.506 e. The maximum absolute atomic E-state index is 11.9. The molecule has 1 atom stereocenters. The Hall–Kier alpha value is -1.11. The van der Waals surface area contributed by atoms with Crippen LogP contribution in [0.25, 0.3) is 0 Å². The fourth-order valence-corrected chi connectivity index (χ4v) is 3.19. The van der Waals surface area contributed by atoms with Crippen LogP contribution in [-0.4, -0.2) is 39.2 Å². The largest absolute Gasteiger partial charge is 0.506 e. The van der Waals surface area contributed by atoms with Crippen molar-refractivity contribution in [3.8, 4) is 5.75 Å². The van der Waals surface area contributed by atoms with Crippen molar-refractivity contribution in [2.24, 2.45) is 0 Å². The van der Waals surface area contributed by atoms with Crippen molar-refractivity contribution in [3.05, 3.63) is 24.8 Å². The van der Waals surface area contributed by atoms with Gasteiger partial charge in [-0.2, -0.15) is 0 Å². The lowest BCUT2D eigenvalue weighted by atomic mass is 10.1. The molecule has 108 valence electrons. The Labute approximate surface area is 140 Å². The van der Waals surface area contributed by atoms with Crippen LogP contribution in [0.3, 0.4) is 0 Å². The zero-order valence-electron chi connectivity index (χ0n) is 9.76. The van der Waals surface area contributed by atoms with E-state index >= 15 is 0 Å². The molecule has 0 aliphatic rings. The van der Waals surface area contributed by atoms with E-state index in [1.165, 1.54) is 6.07 Å². The van der Waals surface area contributed by atoms with Crippen molar-refractivity contribution < 1.29 is 29.7 Å². The van der Waals surface area contributed by atoms with Crippen molar-refractivity contribution in [1.29, 1.82) is 0 Å². The number of carbonyl (C=O) groups excluding carboxylic acids is 1. The second-order valence-corrected chi connectivity index (χ2v) is 6.15. The molecule has 0 aromatic heterocycles. The summed E-state index contributed by atoms with van der Waals surface area (Å²) < 4.78 is 1.12. The van der Waals surface area contributed by atoms with Crippen LogP contribution in [-0.2, 0) is 9.59 Å². The summed E-state index contributed by atoms with van der Waals surface area (Å²) in [4.78, 5) is 33.4. The Bertz CT molecular complexity index is 574. The number of phenolic OH excluding ortho intramolecular Hbond substituents is 1. The van der Waals surface area contributed by atoms with Gasteiger partial charge in [-0.15, -0.1) is 0 Å². The number of nitrogens with one attached hydrogen (secondary N) is 1. The van der Waals surface area contributed by atoms with E-state index in [1.807, 2.05) is 45.2 Å². The number of carbonyl (C=O) groups is 3. The fraction of sp³-hybridized carbons (Fsp3) is 0.182. The standard InChI is InChI=1S/C11H9I2NO6/c12-4-1-5(9(17)6(13)2-4)10(18)14-7(11(19)20)3-8(15)16/h1-2,7,17H,3H2,(H,14,18)(H,15,16)(H,19,20)/t7-/m0/s1. The lowest BCUT2D eigenvalue weighted by Crippen LogP contribution is -2.42. The summed E-state index contributed by atoms with van der Waals surface area (Å²) in [7, 11) is 0. The van der Waals surface area contributed by atoms with Crippen LogP contribution in [0.5, 0.6) is 5.75 Å². The van der Waals surface area contributed by atoms with Gasteiger partial charge in [-0.05, 0) is 57.3 Å². The molecular weight excluding hydrogens is 496 g/mol. The molecular formula is C11H9I2NO6. The van der Waals surface area contributed by atoms with Crippen LogP contribution in [0.4, 0.5) is 0 Å². The molecule has 0 fully saturated rings. The molecule has 4 N–H and O–H groups in total. The monoisotopic (exact) mass is 505 g/mol. The third-order valence-electron chi connectivity index (χ3n) is 2.25. The molecule has 0 saturated carbocycles. The Balaban J connectivity index is 3.00. The molecule has 9 heteroatoms. The van der Waals surface area contributed by atoms with Crippen molar-refractivity contribution in [2.75, 3.05) is 0 Å². The first-order chi connectivity index (χ1) is 9.22. The van der Waals surface area contributed by atoms with Gasteiger partial charge in [0.2, 0.25) is 0 Å². The van der Waals surface area contributed by atoms with Gasteiger partial charge in [0.15, 0.2) is 0 Å². The number of halogens is 2. The molecule has 0 bridgehead atoms. The molecule has 0 radical (unpaired) electrons. The van der Waals surface area contributed by atoms with Gasteiger partial charge in [-0.3, -0.25) is 9.59 Å². The molecule has 0 saturated heterocycles. The number of aromatic hydroxyl groups is 1. The predicted molar refractivity (Wildman–Crippen MR) is 84.7 cm³/mol. The van der Waals surface area contributed by atoms with Crippen LogP contribution in [0.2, 0.25) is 0 Å². The van der Waals surface area contributed by atoms with Crippen LogP contribution < -0.4 is 5.32 Å². The van der Waals surface area contributed by atoms with Crippen molar-refractivity contribution in [1.82, 2.24) is 5.32 Å². The summed E-state index contributed by atoms with van der Waals surface area (Å²) in [6, 6.07) is 1.46. The highest BCUT2D eigenvalue weighted by molar-refractivity contribution is 14.1. The first-order valence-electron chi connectivity index (χ1n) is 5.16. The summed E-state index contributed by atoms with van der Waals surface area (Å²) in [5.74, 6) is -3.92. The zero-order valence-corrected chi connectivity index (χ0v) is 14.1. The van der Waals surface area contributed by atoms with Crippen molar-refractivity contribution in [3.63, 3.8) is 0 Å².